The number of hydrogen-bond acceptors (Lipinski definition) is 7. The Labute approximate surface area is 120 Å². The van der Waals surface area contributed by atoms with Gasteiger partial charge in [0.15, 0.2) is 0 Å². The van der Waals surface area contributed by atoms with Crippen molar-refractivity contribution in [3.05, 3.63) is 0 Å². The first-order valence-electron chi connectivity index (χ1n) is 7.08. The zero-order valence-electron chi connectivity index (χ0n) is 12.7. The number of nitrogens with one attached hydrogen (secondary N) is 2. The minimum atomic E-state index is 0.321. The Balaban J connectivity index is 1.91. The van der Waals surface area contributed by atoms with Crippen molar-refractivity contribution in [3.8, 4) is 6.01 Å². The highest BCUT2D eigenvalue weighted by Crippen LogP contribution is 2.19. The van der Waals surface area contributed by atoms with Gasteiger partial charge in [-0.15, -0.1) is 0 Å². The zero-order valence-corrected chi connectivity index (χ0v) is 12.7. The second-order valence-electron chi connectivity index (χ2n) is 5.34. The van der Waals surface area contributed by atoms with Gasteiger partial charge in [-0.25, -0.2) is 0 Å². The second-order valence-corrected chi connectivity index (χ2v) is 5.34. The summed E-state index contributed by atoms with van der Waals surface area (Å²) in [5.41, 5.74) is 0. The van der Waals surface area contributed by atoms with Crippen LogP contribution in [0.15, 0.2) is 0 Å². The summed E-state index contributed by atoms with van der Waals surface area (Å²) in [5.74, 6) is 1.71. The SMILES string of the molecule is CNc1nc(NCC2CCN(C(C)C)C2)nc(OC)n1. The molecule has 1 aromatic rings. The van der Waals surface area contributed by atoms with Crippen molar-refractivity contribution < 1.29 is 4.74 Å². The van der Waals surface area contributed by atoms with Gasteiger partial charge in [-0.05, 0) is 32.7 Å². The Kier molecular flexibility index (Phi) is 4.94. The lowest BCUT2D eigenvalue weighted by Crippen LogP contribution is -2.29. The van der Waals surface area contributed by atoms with E-state index in [0.717, 1.165) is 13.1 Å². The summed E-state index contributed by atoms with van der Waals surface area (Å²) in [6.07, 6.45) is 1.21. The molecular weight excluding hydrogens is 256 g/mol. The van der Waals surface area contributed by atoms with Crippen molar-refractivity contribution in [2.24, 2.45) is 5.92 Å². The summed E-state index contributed by atoms with van der Waals surface area (Å²) >= 11 is 0. The summed E-state index contributed by atoms with van der Waals surface area (Å²) in [6, 6.07) is 0.940. The van der Waals surface area contributed by atoms with Crippen LogP contribution in [0, 0.1) is 5.92 Å². The van der Waals surface area contributed by atoms with Crippen LogP contribution in [0.1, 0.15) is 20.3 Å². The van der Waals surface area contributed by atoms with E-state index >= 15 is 0 Å². The molecule has 0 aromatic carbocycles. The Morgan fingerprint density at radius 1 is 1.30 bits per heavy atom. The van der Waals surface area contributed by atoms with Gasteiger partial charge in [0.2, 0.25) is 11.9 Å². The van der Waals surface area contributed by atoms with E-state index in [1.807, 2.05) is 0 Å². The number of likely N-dealkylation sites (tertiary alicyclic amines) is 1. The molecule has 0 saturated carbocycles. The molecular formula is C13H24N6O. The van der Waals surface area contributed by atoms with Gasteiger partial charge in [0.05, 0.1) is 7.11 Å². The highest BCUT2D eigenvalue weighted by atomic mass is 16.5. The maximum atomic E-state index is 5.07. The first-order chi connectivity index (χ1) is 9.62. The second kappa shape index (κ2) is 6.69. The van der Waals surface area contributed by atoms with Gasteiger partial charge in [0.1, 0.15) is 0 Å². The predicted octanol–water partition coefficient (Wildman–Crippen LogP) is 1.06. The van der Waals surface area contributed by atoms with Gasteiger partial charge >= 0.3 is 6.01 Å². The van der Waals surface area contributed by atoms with Crippen molar-refractivity contribution in [1.29, 1.82) is 0 Å². The standard InChI is InChI=1S/C13H24N6O/c1-9(2)19-6-5-10(8-19)7-15-12-16-11(14-3)17-13(18-12)20-4/h9-10H,5-8H2,1-4H3,(H2,14,15,16,17,18). The van der Waals surface area contributed by atoms with E-state index in [0.29, 0.717) is 29.9 Å². The third kappa shape index (κ3) is 3.69. The number of rotatable bonds is 6. The van der Waals surface area contributed by atoms with Gasteiger partial charge in [-0.1, -0.05) is 0 Å². The first kappa shape index (κ1) is 14.8. The zero-order chi connectivity index (χ0) is 14.5. The van der Waals surface area contributed by atoms with E-state index in [2.05, 4.69) is 44.3 Å². The van der Waals surface area contributed by atoms with Crippen LogP contribution in [-0.4, -0.2) is 59.7 Å². The average molecular weight is 280 g/mol. The topological polar surface area (TPSA) is 75.2 Å². The lowest BCUT2D eigenvalue weighted by molar-refractivity contribution is 0.266. The lowest BCUT2D eigenvalue weighted by Gasteiger charge is -2.20. The van der Waals surface area contributed by atoms with Crippen LogP contribution < -0.4 is 15.4 Å². The molecule has 2 heterocycles. The molecule has 1 fully saturated rings. The normalized spacial score (nSPS) is 19.4. The van der Waals surface area contributed by atoms with Crippen molar-refractivity contribution in [2.75, 3.05) is 44.4 Å². The Hall–Kier alpha value is -1.63. The highest BCUT2D eigenvalue weighted by molar-refractivity contribution is 5.35. The van der Waals surface area contributed by atoms with Crippen molar-refractivity contribution in [2.45, 2.75) is 26.3 Å². The Morgan fingerprint density at radius 3 is 2.65 bits per heavy atom. The van der Waals surface area contributed by atoms with Crippen LogP contribution in [0.2, 0.25) is 0 Å². The van der Waals surface area contributed by atoms with Gasteiger partial charge in [-0.3, -0.25) is 0 Å². The fourth-order valence-electron chi connectivity index (χ4n) is 2.37. The molecule has 1 aromatic heterocycles. The van der Waals surface area contributed by atoms with Crippen LogP contribution in [0.4, 0.5) is 11.9 Å². The van der Waals surface area contributed by atoms with Crippen LogP contribution >= 0.6 is 0 Å². The number of aromatic nitrogens is 3. The Bertz CT molecular complexity index is 417. The van der Waals surface area contributed by atoms with Crippen LogP contribution in [0.3, 0.4) is 0 Å². The van der Waals surface area contributed by atoms with Crippen molar-refractivity contribution in [3.63, 3.8) is 0 Å². The lowest BCUT2D eigenvalue weighted by atomic mass is 10.1. The van der Waals surface area contributed by atoms with Gasteiger partial charge < -0.3 is 20.3 Å². The molecule has 0 aliphatic carbocycles. The van der Waals surface area contributed by atoms with E-state index in [-0.39, 0.29) is 0 Å². The minimum Gasteiger partial charge on any atom is -0.467 e. The average Bonchev–Trinajstić information content (AvgIpc) is 2.93. The van der Waals surface area contributed by atoms with Crippen LogP contribution in [0.25, 0.3) is 0 Å². The van der Waals surface area contributed by atoms with E-state index < -0.39 is 0 Å². The summed E-state index contributed by atoms with van der Waals surface area (Å²) in [7, 11) is 3.33. The molecule has 1 aliphatic heterocycles. The fraction of sp³-hybridized carbons (Fsp3) is 0.769. The van der Waals surface area contributed by atoms with Crippen LogP contribution in [0.5, 0.6) is 6.01 Å². The van der Waals surface area contributed by atoms with Gasteiger partial charge in [0, 0.05) is 26.2 Å². The largest absolute Gasteiger partial charge is 0.467 e. The maximum Gasteiger partial charge on any atom is 0.322 e. The monoisotopic (exact) mass is 280 g/mol. The molecule has 0 radical (unpaired) electrons. The smallest absolute Gasteiger partial charge is 0.322 e. The molecule has 2 rings (SSSR count). The third-order valence-electron chi connectivity index (χ3n) is 3.62. The molecule has 1 saturated heterocycles. The quantitative estimate of drug-likeness (QED) is 0.807. The molecule has 1 atom stereocenters. The van der Waals surface area contributed by atoms with Crippen molar-refractivity contribution >= 4 is 11.9 Å². The molecule has 0 bridgehead atoms. The van der Waals surface area contributed by atoms with Crippen molar-refractivity contribution in [1.82, 2.24) is 19.9 Å². The summed E-state index contributed by atoms with van der Waals surface area (Å²) in [4.78, 5) is 15.1. The van der Waals surface area contributed by atoms with Gasteiger partial charge in [-0.2, -0.15) is 15.0 Å². The molecule has 112 valence electrons. The first-order valence-corrected chi connectivity index (χ1v) is 7.08. The number of anilines is 2. The summed E-state index contributed by atoms with van der Waals surface area (Å²) < 4.78 is 5.07. The Morgan fingerprint density at radius 2 is 2.05 bits per heavy atom. The van der Waals surface area contributed by atoms with E-state index in [9.17, 15) is 0 Å². The predicted molar refractivity (Wildman–Crippen MR) is 79.2 cm³/mol. The summed E-state index contributed by atoms with van der Waals surface area (Å²) in [5, 5.41) is 6.19. The molecule has 2 N–H and O–H groups in total. The number of ether oxygens (including phenoxy) is 1. The third-order valence-corrected chi connectivity index (χ3v) is 3.62. The van der Waals surface area contributed by atoms with E-state index in [1.165, 1.54) is 13.0 Å². The molecule has 1 aliphatic rings. The number of methoxy groups -OCH3 is 1. The molecule has 0 amide bonds. The molecule has 1 unspecified atom stereocenters. The maximum absolute atomic E-state index is 5.07. The highest BCUT2D eigenvalue weighted by Gasteiger charge is 2.24. The molecule has 20 heavy (non-hydrogen) atoms. The summed E-state index contributed by atoms with van der Waals surface area (Å²) in [6.45, 7) is 7.66. The molecule has 7 heteroatoms. The van der Waals surface area contributed by atoms with Gasteiger partial charge in [0.25, 0.3) is 0 Å². The fourth-order valence-corrected chi connectivity index (χ4v) is 2.37. The van der Waals surface area contributed by atoms with E-state index in [1.54, 1.807) is 14.2 Å². The van der Waals surface area contributed by atoms with E-state index in [4.69, 9.17) is 4.74 Å². The number of nitrogens with zero attached hydrogens (tertiary/aromatic N) is 4. The molecule has 0 spiro atoms. The molecule has 7 nitrogen and oxygen atoms in total. The number of hydrogen-bond donors (Lipinski definition) is 2. The van der Waals surface area contributed by atoms with Crippen LogP contribution in [-0.2, 0) is 0 Å². The minimum absolute atomic E-state index is 0.321.